The molecule has 32 heavy (non-hydrogen) atoms. The van der Waals surface area contributed by atoms with Gasteiger partial charge >= 0.3 is 0 Å². The maximum Gasteiger partial charge on any atom is 0.248 e. The number of benzene rings is 3. The van der Waals surface area contributed by atoms with E-state index in [0.29, 0.717) is 30.9 Å². The number of aliphatic hydroxyl groups excluding tert-OH is 1. The van der Waals surface area contributed by atoms with Crippen LogP contribution >= 0.6 is 0 Å². The summed E-state index contributed by atoms with van der Waals surface area (Å²) in [5.41, 5.74) is 7.75. The fraction of sp³-hybridized carbons (Fsp3) is 0.280. The minimum absolute atomic E-state index is 0.0614. The van der Waals surface area contributed by atoms with Crippen LogP contribution in [0.2, 0.25) is 0 Å². The molecule has 3 aromatic carbocycles. The lowest BCUT2D eigenvalue weighted by molar-refractivity contribution is -0.135. The highest BCUT2D eigenvalue weighted by Crippen LogP contribution is 2.34. The third kappa shape index (κ3) is 4.74. The van der Waals surface area contributed by atoms with Gasteiger partial charge in [0.25, 0.3) is 0 Å². The van der Waals surface area contributed by atoms with Gasteiger partial charge in [0, 0.05) is 37.6 Å². The minimum Gasteiger partial charge on any atom is -0.490 e. The fourth-order valence-corrected chi connectivity index (χ4v) is 3.99. The van der Waals surface area contributed by atoms with Crippen LogP contribution in [0.4, 0.5) is 0 Å². The van der Waals surface area contributed by atoms with Crippen LogP contribution < -0.4 is 10.5 Å². The smallest absolute Gasteiger partial charge is 0.248 e. The van der Waals surface area contributed by atoms with Crippen molar-refractivity contribution < 1.29 is 19.4 Å². The van der Waals surface area contributed by atoms with Gasteiger partial charge in [0.05, 0.1) is 6.54 Å². The second-order valence-electron chi connectivity index (χ2n) is 8.12. The maximum absolute atomic E-state index is 11.9. The second kappa shape index (κ2) is 9.38. The molecule has 0 saturated carbocycles. The highest BCUT2D eigenvalue weighted by molar-refractivity contribution is 6.01. The SMILES string of the molecule is CN1CCN(CC(O)COc2ccc(-c3cccc(C(N)=O)c3)c3ccccc23)CC1=O. The van der Waals surface area contributed by atoms with Gasteiger partial charge in [0.1, 0.15) is 18.5 Å². The Morgan fingerprint density at radius 1 is 1.09 bits per heavy atom. The second-order valence-corrected chi connectivity index (χ2v) is 8.12. The largest absolute Gasteiger partial charge is 0.490 e. The normalized spacial score (nSPS) is 15.7. The van der Waals surface area contributed by atoms with Crippen molar-refractivity contribution in [3.63, 3.8) is 0 Å². The molecule has 1 atom stereocenters. The number of hydrogen-bond acceptors (Lipinski definition) is 5. The number of ether oxygens (including phenoxy) is 1. The van der Waals surface area contributed by atoms with Crippen LogP contribution in [0, 0.1) is 0 Å². The molecular weight excluding hydrogens is 406 g/mol. The minimum atomic E-state index is -0.711. The van der Waals surface area contributed by atoms with Crippen molar-refractivity contribution in [3.8, 4) is 16.9 Å². The summed E-state index contributed by atoms with van der Waals surface area (Å²) in [7, 11) is 1.79. The summed E-state index contributed by atoms with van der Waals surface area (Å²) in [5.74, 6) is 0.266. The predicted octanol–water partition coefficient (Wildman–Crippen LogP) is 2.12. The Balaban J connectivity index is 1.51. The van der Waals surface area contributed by atoms with Crippen molar-refractivity contribution in [2.75, 3.05) is 39.8 Å². The average molecular weight is 434 g/mol. The van der Waals surface area contributed by atoms with Crippen LogP contribution in [-0.2, 0) is 4.79 Å². The fourth-order valence-electron chi connectivity index (χ4n) is 3.99. The first-order valence-electron chi connectivity index (χ1n) is 10.6. The maximum atomic E-state index is 11.9. The van der Waals surface area contributed by atoms with Crippen molar-refractivity contribution in [1.82, 2.24) is 9.80 Å². The van der Waals surface area contributed by atoms with E-state index in [1.807, 2.05) is 53.4 Å². The Hall–Kier alpha value is -3.42. The Morgan fingerprint density at radius 2 is 1.88 bits per heavy atom. The number of primary amides is 1. The Labute approximate surface area is 187 Å². The summed E-state index contributed by atoms with van der Waals surface area (Å²) < 4.78 is 5.98. The van der Waals surface area contributed by atoms with Gasteiger partial charge in [-0.25, -0.2) is 0 Å². The van der Waals surface area contributed by atoms with Crippen LogP contribution in [0.5, 0.6) is 5.75 Å². The first kappa shape index (κ1) is 21.8. The van der Waals surface area contributed by atoms with E-state index in [0.717, 1.165) is 28.4 Å². The monoisotopic (exact) mass is 433 g/mol. The Kier molecular flexibility index (Phi) is 6.39. The van der Waals surface area contributed by atoms with E-state index in [2.05, 4.69) is 0 Å². The first-order chi connectivity index (χ1) is 15.4. The van der Waals surface area contributed by atoms with Gasteiger partial charge in [0.15, 0.2) is 0 Å². The van der Waals surface area contributed by atoms with Crippen molar-refractivity contribution in [2.45, 2.75) is 6.10 Å². The van der Waals surface area contributed by atoms with E-state index in [1.54, 1.807) is 24.1 Å². The summed E-state index contributed by atoms with van der Waals surface area (Å²) in [4.78, 5) is 27.1. The lowest BCUT2D eigenvalue weighted by atomic mass is 9.96. The van der Waals surface area contributed by atoms with Gasteiger partial charge in [0.2, 0.25) is 11.8 Å². The highest BCUT2D eigenvalue weighted by atomic mass is 16.5. The first-order valence-corrected chi connectivity index (χ1v) is 10.6. The third-order valence-corrected chi connectivity index (χ3v) is 5.78. The average Bonchev–Trinajstić information content (AvgIpc) is 2.80. The Bertz CT molecular complexity index is 1150. The molecule has 2 amide bonds. The van der Waals surface area contributed by atoms with Crippen molar-refractivity contribution in [3.05, 3.63) is 66.2 Å². The summed E-state index contributed by atoms with van der Waals surface area (Å²) >= 11 is 0. The molecule has 0 radical (unpaired) electrons. The number of β-amino-alcohol motifs (C(OH)–C–C–N with tert-alkyl or cyclic N) is 1. The molecular formula is C25H27N3O4. The molecule has 0 spiro atoms. The van der Waals surface area contributed by atoms with E-state index < -0.39 is 12.0 Å². The number of nitrogens with two attached hydrogens (primary N) is 1. The van der Waals surface area contributed by atoms with E-state index in [9.17, 15) is 14.7 Å². The number of carbonyl (C=O) groups excluding carboxylic acids is 2. The van der Waals surface area contributed by atoms with E-state index in [4.69, 9.17) is 10.5 Å². The van der Waals surface area contributed by atoms with E-state index in [-0.39, 0.29) is 12.5 Å². The molecule has 7 heteroatoms. The van der Waals surface area contributed by atoms with Crippen LogP contribution in [0.15, 0.2) is 60.7 Å². The number of amides is 2. The lowest BCUT2D eigenvalue weighted by Crippen LogP contribution is -2.51. The molecule has 3 aromatic rings. The molecule has 1 aliphatic heterocycles. The van der Waals surface area contributed by atoms with Crippen molar-refractivity contribution in [2.24, 2.45) is 5.73 Å². The number of fused-ring (bicyclic) bond motifs is 1. The lowest BCUT2D eigenvalue weighted by Gasteiger charge is -2.33. The number of aliphatic hydroxyl groups is 1. The number of rotatable bonds is 7. The zero-order chi connectivity index (χ0) is 22.7. The number of hydrogen-bond donors (Lipinski definition) is 2. The third-order valence-electron chi connectivity index (χ3n) is 5.78. The van der Waals surface area contributed by atoms with E-state index in [1.165, 1.54) is 0 Å². The molecule has 3 N–H and O–H groups in total. The number of piperazine rings is 1. The molecule has 0 aliphatic carbocycles. The van der Waals surface area contributed by atoms with Gasteiger partial charge in [-0.3, -0.25) is 14.5 Å². The van der Waals surface area contributed by atoms with Gasteiger partial charge in [-0.2, -0.15) is 0 Å². The summed E-state index contributed by atoms with van der Waals surface area (Å²) in [6, 6.07) is 18.9. The molecule has 0 aromatic heterocycles. The summed E-state index contributed by atoms with van der Waals surface area (Å²) in [5, 5.41) is 12.4. The van der Waals surface area contributed by atoms with Crippen LogP contribution in [0.25, 0.3) is 21.9 Å². The van der Waals surface area contributed by atoms with E-state index >= 15 is 0 Å². The number of likely N-dealkylation sites (N-methyl/N-ethyl adjacent to an activating group) is 1. The standard InChI is InChI=1S/C25H27N3O4/c1-27-11-12-28(15-24(27)30)14-19(29)16-32-23-10-9-20(21-7-2-3-8-22(21)23)17-5-4-6-18(13-17)25(26)31/h2-10,13,19,29H,11-12,14-16H2,1H3,(H2,26,31). The van der Waals surface area contributed by atoms with Crippen molar-refractivity contribution in [1.29, 1.82) is 0 Å². The van der Waals surface area contributed by atoms with Gasteiger partial charge < -0.3 is 20.5 Å². The predicted molar refractivity (Wildman–Crippen MR) is 123 cm³/mol. The van der Waals surface area contributed by atoms with Gasteiger partial charge in [-0.05, 0) is 34.7 Å². The summed E-state index contributed by atoms with van der Waals surface area (Å²) in [6.07, 6.45) is -0.711. The van der Waals surface area contributed by atoms with Crippen molar-refractivity contribution >= 4 is 22.6 Å². The van der Waals surface area contributed by atoms with Crippen LogP contribution in [0.3, 0.4) is 0 Å². The molecule has 1 heterocycles. The molecule has 166 valence electrons. The van der Waals surface area contributed by atoms with Crippen LogP contribution in [-0.4, -0.2) is 72.7 Å². The molecule has 1 unspecified atom stereocenters. The Morgan fingerprint density at radius 3 is 2.62 bits per heavy atom. The highest BCUT2D eigenvalue weighted by Gasteiger charge is 2.23. The van der Waals surface area contributed by atoms with Crippen LogP contribution in [0.1, 0.15) is 10.4 Å². The number of carbonyl (C=O) groups is 2. The topological polar surface area (TPSA) is 96.1 Å². The van der Waals surface area contributed by atoms with Gasteiger partial charge in [-0.15, -0.1) is 0 Å². The number of nitrogens with zero attached hydrogens (tertiary/aromatic N) is 2. The zero-order valence-electron chi connectivity index (χ0n) is 18.0. The molecule has 1 fully saturated rings. The molecule has 0 bridgehead atoms. The van der Waals surface area contributed by atoms with Gasteiger partial charge in [-0.1, -0.05) is 42.5 Å². The quantitative estimate of drug-likeness (QED) is 0.595. The summed E-state index contributed by atoms with van der Waals surface area (Å²) in [6.45, 7) is 2.23. The molecule has 7 nitrogen and oxygen atoms in total. The molecule has 1 aliphatic rings. The zero-order valence-corrected chi connectivity index (χ0v) is 18.0. The molecule has 1 saturated heterocycles. The molecule has 4 rings (SSSR count).